The monoisotopic (exact) mass is 294 g/mol. The highest BCUT2D eigenvalue weighted by atomic mass is 19.1. The Labute approximate surface area is 125 Å². The summed E-state index contributed by atoms with van der Waals surface area (Å²) in [5, 5.41) is 0. The fourth-order valence-corrected chi connectivity index (χ4v) is 2.08. The van der Waals surface area contributed by atoms with Crippen molar-refractivity contribution in [3.05, 3.63) is 35.2 Å². The van der Waals surface area contributed by atoms with E-state index in [9.17, 15) is 9.18 Å². The second-order valence-electron chi connectivity index (χ2n) is 4.69. The minimum Gasteiger partial charge on any atom is -0.494 e. The Kier molecular flexibility index (Phi) is 7.51. The van der Waals surface area contributed by atoms with Gasteiger partial charge in [-0.15, -0.1) is 0 Å². The van der Waals surface area contributed by atoms with Crippen LogP contribution >= 0.6 is 0 Å². The third-order valence-corrected chi connectivity index (χ3v) is 3.18. The summed E-state index contributed by atoms with van der Waals surface area (Å²) in [6.07, 6.45) is 6.56. The van der Waals surface area contributed by atoms with Gasteiger partial charge in [0.15, 0.2) is 11.6 Å². The van der Waals surface area contributed by atoms with Gasteiger partial charge in [-0.2, -0.15) is 0 Å². The summed E-state index contributed by atoms with van der Waals surface area (Å²) in [7, 11) is 1.45. The van der Waals surface area contributed by atoms with Gasteiger partial charge < -0.3 is 9.47 Å². The quantitative estimate of drug-likeness (QED) is 0.410. The number of benzene rings is 1. The second kappa shape index (κ2) is 9.16. The molecule has 0 bridgehead atoms. The molecule has 0 heterocycles. The van der Waals surface area contributed by atoms with E-state index in [0.29, 0.717) is 24.2 Å². The van der Waals surface area contributed by atoms with E-state index in [0.717, 1.165) is 19.3 Å². The molecule has 0 fully saturated rings. The predicted molar refractivity (Wildman–Crippen MR) is 81.8 cm³/mol. The number of carbonyl (C=O) groups excluding carboxylic acids is 1. The number of rotatable bonds is 8. The van der Waals surface area contributed by atoms with Gasteiger partial charge in [0.25, 0.3) is 0 Å². The highest BCUT2D eigenvalue weighted by Gasteiger charge is 2.12. The van der Waals surface area contributed by atoms with Crippen LogP contribution in [0.1, 0.15) is 44.2 Å². The van der Waals surface area contributed by atoms with Gasteiger partial charge in [0.1, 0.15) is 0 Å². The van der Waals surface area contributed by atoms with Crippen molar-refractivity contribution in [1.82, 2.24) is 0 Å². The van der Waals surface area contributed by atoms with E-state index in [1.807, 2.05) is 0 Å². The van der Waals surface area contributed by atoms with E-state index in [-0.39, 0.29) is 11.6 Å². The average Bonchev–Trinajstić information content (AvgIpc) is 2.48. The van der Waals surface area contributed by atoms with E-state index in [1.54, 1.807) is 25.1 Å². The van der Waals surface area contributed by atoms with E-state index in [4.69, 9.17) is 9.47 Å². The largest absolute Gasteiger partial charge is 0.494 e. The molecule has 0 unspecified atom stereocenters. The van der Waals surface area contributed by atoms with E-state index in [2.05, 4.69) is 6.92 Å². The molecule has 1 aromatic rings. The van der Waals surface area contributed by atoms with Gasteiger partial charge in [0, 0.05) is 6.08 Å². The van der Waals surface area contributed by atoms with Crippen molar-refractivity contribution in [2.75, 3.05) is 13.7 Å². The number of esters is 1. The highest BCUT2D eigenvalue weighted by molar-refractivity contribution is 5.87. The van der Waals surface area contributed by atoms with Gasteiger partial charge >= 0.3 is 5.97 Å². The molecule has 0 radical (unpaired) electrons. The molecule has 21 heavy (non-hydrogen) atoms. The van der Waals surface area contributed by atoms with E-state index in [1.165, 1.54) is 13.2 Å². The molecule has 3 nitrogen and oxygen atoms in total. The summed E-state index contributed by atoms with van der Waals surface area (Å²) in [5.41, 5.74) is 1.28. The minimum atomic E-state index is -0.423. The number of unbranched alkanes of at least 4 members (excludes halogenated alkanes) is 2. The topological polar surface area (TPSA) is 35.5 Å². The number of hydrogen-bond acceptors (Lipinski definition) is 3. The maximum atomic E-state index is 14.4. The zero-order valence-electron chi connectivity index (χ0n) is 12.9. The van der Waals surface area contributed by atoms with Gasteiger partial charge in [-0.3, -0.25) is 0 Å². The molecule has 0 N–H and O–H groups in total. The number of halogens is 1. The standard InChI is InChI=1S/C17H23FO3/c1-4-6-7-8-14-13(10-12-16(19)21-5-2)9-11-15(20-3)17(14)18/h9-12H,4-8H2,1-3H3/b12-10+. The average molecular weight is 294 g/mol. The molecule has 0 aromatic heterocycles. The Morgan fingerprint density at radius 1 is 1.29 bits per heavy atom. The maximum Gasteiger partial charge on any atom is 0.330 e. The van der Waals surface area contributed by atoms with Crippen molar-refractivity contribution in [1.29, 1.82) is 0 Å². The molecule has 0 aliphatic rings. The number of carbonyl (C=O) groups is 1. The Morgan fingerprint density at radius 3 is 2.67 bits per heavy atom. The first-order valence-electron chi connectivity index (χ1n) is 7.34. The zero-order valence-corrected chi connectivity index (χ0v) is 12.9. The Bertz CT molecular complexity index is 495. The van der Waals surface area contributed by atoms with Gasteiger partial charge in [0.2, 0.25) is 0 Å². The molecule has 1 aromatic carbocycles. The summed E-state index contributed by atoms with van der Waals surface area (Å²) >= 11 is 0. The van der Waals surface area contributed by atoms with Crippen molar-refractivity contribution < 1.29 is 18.7 Å². The molecule has 0 aliphatic heterocycles. The molecular weight excluding hydrogens is 271 g/mol. The summed E-state index contributed by atoms with van der Waals surface area (Å²) < 4.78 is 24.2. The zero-order chi connectivity index (χ0) is 15.7. The molecular formula is C17H23FO3. The van der Waals surface area contributed by atoms with Gasteiger partial charge in [-0.05, 0) is 43.0 Å². The normalized spacial score (nSPS) is 10.9. The van der Waals surface area contributed by atoms with Crippen LogP contribution in [-0.4, -0.2) is 19.7 Å². The third kappa shape index (κ3) is 5.21. The summed E-state index contributed by atoms with van der Waals surface area (Å²) in [6.45, 7) is 4.17. The molecule has 0 atom stereocenters. The molecule has 0 aliphatic carbocycles. The van der Waals surface area contributed by atoms with Crippen LogP contribution in [0.25, 0.3) is 6.08 Å². The second-order valence-corrected chi connectivity index (χ2v) is 4.69. The Balaban J connectivity index is 3.00. The van der Waals surface area contributed by atoms with Crippen LogP contribution in [0.5, 0.6) is 5.75 Å². The summed E-state index contributed by atoms with van der Waals surface area (Å²) in [4.78, 5) is 11.4. The van der Waals surface area contributed by atoms with Crippen molar-refractivity contribution in [3.8, 4) is 5.75 Å². The molecule has 0 spiro atoms. The van der Waals surface area contributed by atoms with Crippen LogP contribution in [0.15, 0.2) is 18.2 Å². The Morgan fingerprint density at radius 2 is 2.05 bits per heavy atom. The molecule has 0 amide bonds. The van der Waals surface area contributed by atoms with Crippen LogP contribution in [0.2, 0.25) is 0 Å². The fourth-order valence-electron chi connectivity index (χ4n) is 2.08. The molecule has 0 saturated carbocycles. The summed E-state index contributed by atoms with van der Waals surface area (Å²) in [6, 6.07) is 3.34. The number of methoxy groups -OCH3 is 1. The van der Waals surface area contributed by atoms with Crippen molar-refractivity contribution in [2.24, 2.45) is 0 Å². The van der Waals surface area contributed by atoms with Crippen LogP contribution in [0.4, 0.5) is 4.39 Å². The van der Waals surface area contributed by atoms with Gasteiger partial charge in [-0.25, -0.2) is 9.18 Å². The summed E-state index contributed by atoms with van der Waals surface area (Å²) in [5.74, 6) is -0.539. The Hall–Kier alpha value is -1.84. The van der Waals surface area contributed by atoms with Crippen LogP contribution in [0, 0.1) is 5.82 Å². The van der Waals surface area contributed by atoms with Crippen LogP contribution in [0.3, 0.4) is 0 Å². The lowest BCUT2D eigenvalue weighted by atomic mass is 9.99. The van der Waals surface area contributed by atoms with Crippen molar-refractivity contribution >= 4 is 12.0 Å². The first-order valence-corrected chi connectivity index (χ1v) is 7.34. The van der Waals surface area contributed by atoms with Crippen molar-refractivity contribution in [3.63, 3.8) is 0 Å². The smallest absolute Gasteiger partial charge is 0.330 e. The van der Waals surface area contributed by atoms with Gasteiger partial charge in [0.05, 0.1) is 13.7 Å². The van der Waals surface area contributed by atoms with Crippen LogP contribution < -0.4 is 4.74 Å². The molecule has 4 heteroatoms. The van der Waals surface area contributed by atoms with Crippen molar-refractivity contribution in [2.45, 2.75) is 39.5 Å². The lowest BCUT2D eigenvalue weighted by Crippen LogP contribution is -2.01. The number of ether oxygens (including phenoxy) is 2. The first-order chi connectivity index (χ1) is 10.1. The fraction of sp³-hybridized carbons (Fsp3) is 0.471. The van der Waals surface area contributed by atoms with E-state index >= 15 is 0 Å². The van der Waals surface area contributed by atoms with Crippen LogP contribution in [-0.2, 0) is 16.0 Å². The molecule has 116 valence electrons. The maximum absolute atomic E-state index is 14.4. The first kappa shape index (κ1) is 17.2. The molecule has 0 saturated heterocycles. The minimum absolute atomic E-state index is 0.231. The lowest BCUT2D eigenvalue weighted by molar-refractivity contribution is -0.137. The third-order valence-electron chi connectivity index (χ3n) is 3.18. The highest BCUT2D eigenvalue weighted by Crippen LogP contribution is 2.26. The lowest BCUT2D eigenvalue weighted by Gasteiger charge is -2.11. The number of hydrogen-bond donors (Lipinski definition) is 0. The predicted octanol–water partition coefficient (Wildman–Crippen LogP) is 4.14. The molecule has 1 rings (SSSR count). The van der Waals surface area contributed by atoms with Gasteiger partial charge in [-0.1, -0.05) is 25.8 Å². The van der Waals surface area contributed by atoms with E-state index < -0.39 is 5.97 Å². The SMILES string of the molecule is CCCCCc1c(/C=C/C(=O)OCC)ccc(OC)c1F.